The molecule has 4 nitrogen and oxygen atoms in total. The lowest BCUT2D eigenvalue weighted by atomic mass is 9.92. The largest absolute Gasteiger partial charge is 0.508 e. The third kappa shape index (κ3) is 1.79. The molecule has 2 amide bonds. The third-order valence-corrected chi connectivity index (χ3v) is 3.08. The fraction of sp³-hybridized carbons (Fsp3) is 0.385. The van der Waals surface area contributed by atoms with E-state index in [4.69, 9.17) is 0 Å². The van der Waals surface area contributed by atoms with Gasteiger partial charge in [-0.05, 0) is 18.6 Å². The van der Waals surface area contributed by atoms with Crippen molar-refractivity contribution in [1.82, 2.24) is 0 Å². The van der Waals surface area contributed by atoms with Crippen LogP contribution in [0, 0.1) is 12.3 Å². The first kappa shape index (κ1) is 11.6. The van der Waals surface area contributed by atoms with E-state index in [0.717, 1.165) is 4.90 Å². The molecule has 1 fully saturated rings. The lowest BCUT2D eigenvalue weighted by Crippen LogP contribution is -2.32. The molecule has 1 aromatic rings. The van der Waals surface area contributed by atoms with Crippen LogP contribution in [0.1, 0.15) is 25.8 Å². The molecule has 1 aromatic carbocycles. The minimum atomic E-state index is -0.655. The number of benzene rings is 1. The number of amides is 2. The van der Waals surface area contributed by atoms with Crippen LogP contribution in [-0.2, 0) is 9.59 Å². The molecule has 1 aliphatic rings. The highest BCUT2D eigenvalue weighted by molar-refractivity contribution is 6.22. The van der Waals surface area contributed by atoms with E-state index in [-0.39, 0.29) is 24.0 Å². The highest BCUT2D eigenvalue weighted by atomic mass is 16.3. The van der Waals surface area contributed by atoms with Gasteiger partial charge in [0.1, 0.15) is 5.75 Å². The normalized spacial score (nSPS) is 18.9. The molecule has 4 heteroatoms. The number of hydrogen-bond donors (Lipinski definition) is 1. The Balaban J connectivity index is 2.44. The minimum absolute atomic E-state index is 0.0906. The maximum atomic E-state index is 12.1. The number of hydrogen-bond acceptors (Lipinski definition) is 3. The van der Waals surface area contributed by atoms with Crippen molar-refractivity contribution in [2.45, 2.75) is 27.2 Å². The Kier molecular flexibility index (Phi) is 2.45. The van der Waals surface area contributed by atoms with E-state index >= 15 is 0 Å². The van der Waals surface area contributed by atoms with E-state index in [1.807, 2.05) is 0 Å². The molecule has 0 spiro atoms. The molecule has 0 saturated carbocycles. The second-order valence-corrected chi connectivity index (χ2v) is 5.07. The smallest absolute Gasteiger partial charge is 0.239 e. The molecule has 0 bridgehead atoms. The van der Waals surface area contributed by atoms with Gasteiger partial charge in [0.2, 0.25) is 11.8 Å². The van der Waals surface area contributed by atoms with Gasteiger partial charge in [-0.1, -0.05) is 19.9 Å². The summed E-state index contributed by atoms with van der Waals surface area (Å²) in [6.45, 7) is 5.26. The van der Waals surface area contributed by atoms with E-state index in [9.17, 15) is 14.7 Å². The van der Waals surface area contributed by atoms with Crippen molar-refractivity contribution in [2.75, 3.05) is 4.90 Å². The summed E-state index contributed by atoms with van der Waals surface area (Å²) in [5, 5.41) is 9.61. The standard InChI is InChI=1S/C13H15NO3/c1-8-4-5-9(6-10(8)15)14-11(16)7-13(2,3)12(14)17/h4-6,15H,7H2,1-3H3. The van der Waals surface area contributed by atoms with Crippen molar-refractivity contribution < 1.29 is 14.7 Å². The Labute approximate surface area is 99.9 Å². The predicted molar refractivity (Wildman–Crippen MR) is 63.7 cm³/mol. The second-order valence-electron chi connectivity index (χ2n) is 5.07. The van der Waals surface area contributed by atoms with Crippen LogP contribution in [0.5, 0.6) is 5.75 Å². The molecule has 90 valence electrons. The SMILES string of the molecule is Cc1ccc(N2C(=O)CC(C)(C)C2=O)cc1O. The van der Waals surface area contributed by atoms with E-state index in [1.54, 1.807) is 32.9 Å². The number of carbonyl (C=O) groups is 2. The molecule has 1 N–H and O–H groups in total. The molecular formula is C13H15NO3. The molecule has 1 saturated heterocycles. The molecule has 1 aliphatic heterocycles. The first-order valence-corrected chi connectivity index (χ1v) is 5.50. The highest BCUT2D eigenvalue weighted by Crippen LogP contribution is 2.36. The topological polar surface area (TPSA) is 57.6 Å². The molecule has 0 radical (unpaired) electrons. The molecule has 0 unspecified atom stereocenters. The number of phenols is 1. The number of aromatic hydroxyl groups is 1. The highest BCUT2D eigenvalue weighted by Gasteiger charge is 2.45. The summed E-state index contributed by atoms with van der Waals surface area (Å²) in [5.41, 5.74) is 0.498. The molecule has 1 heterocycles. The van der Waals surface area contributed by atoms with E-state index in [2.05, 4.69) is 0 Å². The Morgan fingerprint density at radius 1 is 1.29 bits per heavy atom. The van der Waals surface area contributed by atoms with Crippen LogP contribution in [0.3, 0.4) is 0 Å². The molecule has 2 rings (SSSR count). The lowest BCUT2D eigenvalue weighted by Gasteiger charge is -2.18. The number of phenolic OH excluding ortho intramolecular Hbond substituents is 1. The van der Waals surface area contributed by atoms with Crippen molar-refractivity contribution in [3.05, 3.63) is 23.8 Å². The van der Waals surface area contributed by atoms with Crippen LogP contribution >= 0.6 is 0 Å². The number of anilines is 1. The van der Waals surface area contributed by atoms with Crippen LogP contribution in [0.15, 0.2) is 18.2 Å². The van der Waals surface area contributed by atoms with Gasteiger partial charge >= 0.3 is 0 Å². The molecule has 0 aliphatic carbocycles. The molecule has 0 atom stereocenters. The average molecular weight is 233 g/mol. The monoisotopic (exact) mass is 233 g/mol. The van der Waals surface area contributed by atoms with Gasteiger partial charge in [-0.2, -0.15) is 0 Å². The van der Waals surface area contributed by atoms with Crippen molar-refractivity contribution in [3.8, 4) is 5.75 Å². The second kappa shape index (κ2) is 3.58. The van der Waals surface area contributed by atoms with Crippen LogP contribution in [0.25, 0.3) is 0 Å². The van der Waals surface area contributed by atoms with E-state index in [1.165, 1.54) is 6.07 Å². The first-order valence-electron chi connectivity index (χ1n) is 5.50. The fourth-order valence-corrected chi connectivity index (χ4v) is 1.95. The van der Waals surface area contributed by atoms with Gasteiger partial charge in [-0.3, -0.25) is 9.59 Å². The van der Waals surface area contributed by atoms with Gasteiger partial charge in [0.05, 0.1) is 11.1 Å². The summed E-state index contributed by atoms with van der Waals surface area (Å²) in [7, 11) is 0. The van der Waals surface area contributed by atoms with Crippen molar-refractivity contribution in [2.24, 2.45) is 5.41 Å². The maximum Gasteiger partial charge on any atom is 0.239 e. The van der Waals surface area contributed by atoms with E-state index in [0.29, 0.717) is 11.3 Å². The minimum Gasteiger partial charge on any atom is -0.508 e. The summed E-state index contributed by atoms with van der Waals surface area (Å²) in [6.07, 6.45) is 0.209. The Morgan fingerprint density at radius 3 is 2.41 bits per heavy atom. The average Bonchev–Trinajstić information content (AvgIpc) is 2.42. The van der Waals surface area contributed by atoms with Gasteiger partial charge in [0, 0.05) is 12.5 Å². The van der Waals surface area contributed by atoms with Crippen LogP contribution in [-0.4, -0.2) is 16.9 Å². The number of carbonyl (C=O) groups excluding carboxylic acids is 2. The zero-order valence-electron chi connectivity index (χ0n) is 10.2. The summed E-state index contributed by atoms with van der Waals surface area (Å²) in [4.78, 5) is 25.0. The van der Waals surface area contributed by atoms with Crippen LogP contribution in [0.4, 0.5) is 5.69 Å². The number of rotatable bonds is 1. The predicted octanol–water partition coefficient (Wildman–Crippen LogP) is 1.99. The summed E-state index contributed by atoms with van der Waals surface area (Å²) in [6, 6.07) is 4.81. The maximum absolute atomic E-state index is 12.1. The summed E-state index contributed by atoms with van der Waals surface area (Å²) >= 11 is 0. The molecule has 0 aromatic heterocycles. The number of nitrogens with zero attached hydrogens (tertiary/aromatic N) is 1. The van der Waals surface area contributed by atoms with E-state index < -0.39 is 5.41 Å². The quantitative estimate of drug-likeness (QED) is 0.755. The number of imide groups is 1. The summed E-state index contributed by atoms with van der Waals surface area (Å²) < 4.78 is 0. The van der Waals surface area contributed by atoms with Crippen LogP contribution < -0.4 is 4.90 Å². The zero-order chi connectivity index (χ0) is 12.8. The summed E-state index contributed by atoms with van der Waals surface area (Å²) in [5.74, 6) is -0.346. The molecule has 17 heavy (non-hydrogen) atoms. The van der Waals surface area contributed by atoms with Crippen molar-refractivity contribution in [3.63, 3.8) is 0 Å². The first-order chi connectivity index (χ1) is 7.83. The van der Waals surface area contributed by atoms with Gasteiger partial charge < -0.3 is 5.11 Å². The van der Waals surface area contributed by atoms with Crippen LogP contribution in [0.2, 0.25) is 0 Å². The van der Waals surface area contributed by atoms with Crippen molar-refractivity contribution in [1.29, 1.82) is 0 Å². The Bertz CT molecular complexity index is 505. The van der Waals surface area contributed by atoms with Gasteiger partial charge in [-0.15, -0.1) is 0 Å². The molecular weight excluding hydrogens is 218 g/mol. The third-order valence-electron chi connectivity index (χ3n) is 3.08. The van der Waals surface area contributed by atoms with Gasteiger partial charge in [0.15, 0.2) is 0 Å². The zero-order valence-corrected chi connectivity index (χ0v) is 10.2. The van der Waals surface area contributed by atoms with Gasteiger partial charge in [-0.25, -0.2) is 4.90 Å². The Morgan fingerprint density at radius 2 is 1.94 bits per heavy atom. The van der Waals surface area contributed by atoms with Crippen molar-refractivity contribution >= 4 is 17.5 Å². The van der Waals surface area contributed by atoms with Gasteiger partial charge in [0.25, 0.3) is 0 Å². The fourth-order valence-electron chi connectivity index (χ4n) is 1.95. The lowest BCUT2D eigenvalue weighted by molar-refractivity contribution is -0.124. The Hall–Kier alpha value is -1.84. The number of aryl methyl sites for hydroxylation is 1.